The molecule has 29 heavy (non-hydrogen) atoms. The SMILES string of the molecule is CCCCCN1C(=O)C(C)(C)c2cc3[nH]c(C[S+]([O-])c4ccccc4)nc3cc21. The molecule has 0 saturated carbocycles. The van der Waals surface area contributed by atoms with Crippen molar-refractivity contribution in [3.05, 3.63) is 53.9 Å². The van der Waals surface area contributed by atoms with E-state index in [-0.39, 0.29) is 5.91 Å². The van der Waals surface area contributed by atoms with Crippen molar-refractivity contribution >= 4 is 33.8 Å². The molecule has 0 radical (unpaired) electrons. The molecule has 0 bridgehead atoms. The first kappa shape index (κ1) is 20.0. The Hall–Kier alpha value is -2.31. The van der Waals surface area contributed by atoms with E-state index in [1.807, 2.05) is 61.2 Å². The third-order valence-electron chi connectivity index (χ3n) is 5.65. The molecule has 6 heteroatoms. The van der Waals surface area contributed by atoms with E-state index in [4.69, 9.17) is 0 Å². The highest BCUT2D eigenvalue weighted by Gasteiger charge is 2.44. The molecule has 1 aliphatic rings. The van der Waals surface area contributed by atoms with Gasteiger partial charge in [-0.3, -0.25) is 4.79 Å². The maximum atomic E-state index is 13.0. The van der Waals surface area contributed by atoms with Crippen LogP contribution in [-0.2, 0) is 27.1 Å². The highest BCUT2D eigenvalue weighted by Crippen LogP contribution is 2.43. The number of nitrogens with zero attached hydrogens (tertiary/aromatic N) is 2. The minimum Gasteiger partial charge on any atom is -0.611 e. The van der Waals surface area contributed by atoms with E-state index in [1.165, 1.54) is 0 Å². The van der Waals surface area contributed by atoms with Crippen LogP contribution in [0, 0.1) is 0 Å². The van der Waals surface area contributed by atoms with E-state index in [1.54, 1.807) is 0 Å². The number of imidazole rings is 1. The van der Waals surface area contributed by atoms with Crippen molar-refractivity contribution in [1.82, 2.24) is 9.97 Å². The van der Waals surface area contributed by atoms with Gasteiger partial charge in [-0.15, -0.1) is 0 Å². The lowest BCUT2D eigenvalue weighted by Crippen LogP contribution is -2.36. The molecule has 4 rings (SSSR count). The van der Waals surface area contributed by atoms with Crippen LogP contribution in [0.3, 0.4) is 0 Å². The zero-order valence-corrected chi connectivity index (χ0v) is 18.0. The van der Waals surface area contributed by atoms with Crippen molar-refractivity contribution in [1.29, 1.82) is 0 Å². The van der Waals surface area contributed by atoms with E-state index >= 15 is 0 Å². The number of anilines is 1. The van der Waals surface area contributed by atoms with Crippen LogP contribution in [0.15, 0.2) is 47.4 Å². The fourth-order valence-corrected chi connectivity index (χ4v) is 4.99. The smallest absolute Gasteiger partial charge is 0.237 e. The first-order valence-electron chi connectivity index (χ1n) is 10.2. The van der Waals surface area contributed by atoms with Crippen molar-refractivity contribution in [3.8, 4) is 0 Å². The molecule has 1 aromatic heterocycles. The molecule has 1 amide bonds. The molecule has 0 saturated heterocycles. The Morgan fingerprint density at radius 2 is 1.93 bits per heavy atom. The van der Waals surface area contributed by atoms with Gasteiger partial charge in [0.05, 0.1) is 22.1 Å². The number of benzene rings is 2. The lowest BCUT2D eigenvalue weighted by molar-refractivity contribution is -0.122. The van der Waals surface area contributed by atoms with Crippen LogP contribution >= 0.6 is 0 Å². The van der Waals surface area contributed by atoms with Gasteiger partial charge in [-0.2, -0.15) is 0 Å². The molecule has 1 atom stereocenters. The van der Waals surface area contributed by atoms with Gasteiger partial charge in [0.25, 0.3) is 0 Å². The van der Waals surface area contributed by atoms with Crippen LogP contribution in [0.2, 0.25) is 0 Å². The van der Waals surface area contributed by atoms with Gasteiger partial charge in [-0.25, -0.2) is 4.98 Å². The van der Waals surface area contributed by atoms with E-state index in [0.29, 0.717) is 11.6 Å². The summed E-state index contributed by atoms with van der Waals surface area (Å²) >= 11 is -1.15. The number of nitrogens with one attached hydrogen (secondary N) is 1. The molecule has 3 aromatic rings. The van der Waals surface area contributed by atoms with Crippen molar-refractivity contribution < 1.29 is 9.35 Å². The summed E-state index contributed by atoms with van der Waals surface area (Å²) in [5, 5.41) is 0. The number of carbonyl (C=O) groups is 1. The summed E-state index contributed by atoms with van der Waals surface area (Å²) in [6.07, 6.45) is 3.23. The maximum absolute atomic E-state index is 13.0. The fraction of sp³-hybridized carbons (Fsp3) is 0.391. The minimum absolute atomic E-state index is 0.154. The molecule has 1 aliphatic heterocycles. The van der Waals surface area contributed by atoms with Crippen LogP contribution in [0.25, 0.3) is 11.0 Å². The third-order valence-corrected chi connectivity index (χ3v) is 6.99. The Balaban J connectivity index is 1.65. The number of aromatic nitrogens is 2. The summed E-state index contributed by atoms with van der Waals surface area (Å²) in [7, 11) is 0. The number of fused-ring (bicyclic) bond motifs is 2. The second kappa shape index (κ2) is 7.84. The summed E-state index contributed by atoms with van der Waals surface area (Å²) in [6, 6.07) is 13.5. The lowest BCUT2D eigenvalue weighted by atomic mass is 9.86. The molecule has 2 heterocycles. The molecule has 152 valence electrons. The van der Waals surface area contributed by atoms with Gasteiger partial charge < -0.3 is 14.4 Å². The molecule has 2 aromatic carbocycles. The lowest BCUT2D eigenvalue weighted by Gasteiger charge is -2.20. The Morgan fingerprint density at radius 3 is 2.66 bits per heavy atom. The Labute approximate surface area is 174 Å². The predicted molar refractivity (Wildman–Crippen MR) is 118 cm³/mol. The predicted octanol–water partition coefficient (Wildman–Crippen LogP) is 4.69. The molecular weight excluding hydrogens is 382 g/mol. The van der Waals surface area contributed by atoms with Crippen molar-refractivity contribution in [2.24, 2.45) is 0 Å². The summed E-state index contributed by atoms with van der Waals surface area (Å²) in [5.41, 5.74) is 3.15. The van der Waals surface area contributed by atoms with Gasteiger partial charge in [0.15, 0.2) is 16.5 Å². The molecule has 1 unspecified atom stereocenters. The number of hydrogen-bond acceptors (Lipinski definition) is 3. The number of aromatic amines is 1. The van der Waals surface area contributed by atoms with Gasteiger partial charge >= 0.3 is 0 Å². The van der Waals surface area contributed by atoms with Gasteiger partial charge in [-0.1, -0.05) is 38.0 Å². The Kier molecular flexibility index (Phi) is 5.40. The van der Waals surface area contributed by atoms with Crippen molar-refractivity contribution in [2.75, 3.05) is 11.4 Å². The van der Waals surface area contributed by atoms with Crippen LogP contribution in [0.4, 0.5) is 5.69 Å². The third kappa shape index (κ3) is 3.67. The van der Waals surface area contributed by atoms with Crippen LogP contribution in [0.1, 0.15) is 51.4 Å². The fourth-order valence-electron chi connectivity index (χ4n) is 3.97. The zero-order chi connectivity index (χ0) is 20.6. The zero-order valence-electron chi connectivity index (χ0n) is 17.2. The number of hydrogen-bond donors (Lipinski definition) is 1. The number of H-pyrrole nitrogens is 1. The first-order valence-corrected chi connectivity index (χ1v) is 11.5. The number of rotatable bonds is 7. The van der Waals surface area contributed by atoms with Crippen LogP contribution in [0.5, 0.6) is 0 Å². The summed E-state index contributed by atoms with van der Waals surface area (Å²) in [5.74, 6) is 1.19. The van der Waals surface area contributed by atoms with Crippen molar-refractivity contribution in [2.45, 2.75) is 56.1 Å². The topological polar surface area (TPSA) is 72.0 Å². The van der Waals surface area contributed by atoms with Crippen molar-refractivity contribution in [3.63, 3.8) is 0 Å². The second-order valence-electron chi connectivity index (χ2n) is 8.16. The van der Waals surface area contributed by atoms with Gasteiger partial charge in [-0.05, 0) is 61.3 Å². The van der Waals surface area contributed by atoms with E-state index in [2.05, 4.69) is 16.9 Å². The average molecular weight is 410 g/mol. The molecule has 0 aliphatic carbocycles. The molecule has 1 N–H and O–H groups in total. The quantitative estimate of drug-likeness (QED) is 0.455. The number of amides is 1. The van der Waals surface area contributed by atoms with E-state index < -0.39 is 16.6 Å². The van der Waals surface area contributed by atoms with Crippen LogP contribution in [-0.4, -0.2) is 27.0 Å². The van der Waals surface area contributed by atoms with Gasteiger partial charge in [0.1, 0.15) is 0 Å². The average Bonchev–Trinajstić information content (AvgIpc) is 3.18. The first-order chi connectivity index (χ1) is 13.9. The van der Waals surface area contributed by atoms with Gasteiger partial charge in [0, 0.05) is 6.54 Å². The maximum Gasteiger partial charge on any atom is 0.237 e. The largest absolute Gasteiger partial charge is 0.611 e. The highest BCUT2D eigenvalue weighted by molar-refractivity contribution is 7.90. The Morgan fingerprint density at radius 1 is 1.17 bits per heavy atom. The number of carbonyl (C=O) groups excluding carboxylic acids is 1. The number of unbranched alkanes of at least 4 members (excludes halogenated alkanes) is 2. The highest BCUT2D eigenvalue weighted by atomic mass is 32.2. The normalized spacial score (nSPS) is 16.4. The Bertz CT molecular complexity index is 1030. The molecule has 0 fully saturated rings. The summed E-state index contributed by atoms with van der Waals surface area (Å²) in [6.45, 7) is 6.88. The molecule has 5 nitrogen and oxygen atoms in total. The van der Waals surface area contributed by atoms with E-state index in [9.17, 15) is 9.35 Å². The monoisotopic (exact) mass is 409 g/mol. The second-order valence-corrected chi connectivity index (χ2v) is 9.61. The molecule has 0 spiro atoms. The summed E-state index contributed by atoms with van der Waals surface area (Å²) in [4.78, 5) is 23.7. The van der Waals surface area contributed by atoms with E-state index in [0.717, 1.165) is 53.0 Å². The van der Waals surface area contributed by atoms with Gasteiger partial charge in [0.2, 0.25) is 5.91 Å². The van der Waals surface area contributed by atoms with Crippen LogP contribution < -0.4 is 4.90 Å². The summed E-state index contributed by atoms with van der Waals surface area (Å²) < 4.78 is 12.6. The minimum atomic E-state index is -1.15. The molecular formula is C23H27N3O2S. The standard InChI is InChI=1S/C23H27N3O2S/c1-4-5-9-12-26-20-14-19-18(13-17(20)23(2,3)22(26)27)24-21(25-19)15-29(28)16-10-7-6-8-11-16/h6-8,10-11,13-14H,4-5,9,12,15H2,1-3H3,(H,24,25).